The summed E-state index contributed by atoms with van der Waals surface area (Å²) in [6.45, 7) is 1.91. The van der Waals surface area contributed by atoms with Gasteiger partial charge in [0.15, 0.2) is 12.4 Å². The maximum absolute atomic E-state index is 12.0. The van der Waals surface area contributed by atoms with E-state index in [1.807, 2.05) is 31.2 Å². The first-order valence-electron chi connectivity index (χ1n) is 7.60. The topological polar surface area (TPSA) is 81.9 Å². The molecule has 0 atom stereocenters. The molecule has 0 aliphatic rings. The fourth-order valence-corrected chi connectivity index (χ4v) is 2.19. The van der Waals surface area contributed by atoms with Crippen molar-refractivity contribution in [3.05, 3.63) is 60.4 Å². The molecule has 0 spiro atoms. The van der Waals surface area contributed by atoms with E-state index in [0.29, 0.717) is 5.82 Å². The lowest BCUT2D eigenvalue weighted by molar-refractivity contribution is -0.118. The van der Waals surface area contributed by atoms with Gasteiger partial charge in [-0.15, -0.1) is 10.2 Å². The summed E-state index contributed by atoms with van der Waals surface area (Å²) < 4.78 is 6.96. The van der Waals surface area contributed by atoms with Crippen molar-refractivity contribution in [2.24, 2.45) is 0 Å². The summed E-state index contributed by atoms with van der Waals surface area (Å²) in [5.41, 5.74) is 1.88. The molecule has 1 N–H and O–H groups in total. The number of hydrogen-bond donors (Lipinski definition) is 1. The Bertz CT molecular complexity index is 800. The Labute approximate surface area is 139 Å². The van der Waals surface area contributed by atoms with Crippen LogP contribution in [0.4, 0.5) is 5.69 Å². The SMILES string of the molecule is CCc1ccccc1NC(=O)COc1ccc(-n2cccn2)nn1. The lowest BCUT2D eigenvalue weighted by Crippen LogP contribution is -2.21. The van der Waals surface area contributed by atoms with Crippen LogP contribution < -0.4 is 10.1 Å². The van der Waals surface area contributed by atoms with Crippen molar-refractivity contribution in [3.63, 3.8) is 0 Å². The van der Waals surface area contributed by atoms with Crippen LogP contribution >= 0.6 is 0 Å². The smallest absolute Gasteiger partial charge is 0.262 e. The Hall–Kier alpha value is -3.22. The van der Waals surface area contributed by atoms with Gasteiger partial charge in [0.1, 0.15) is 0 Å². The molecular weight excluding hydrogens is 306 g/mol. The number of carbonyl (C=O) groups is 1. The molecular formula is C17H17N5O2. The molecule has 3 rings (SSSR count). The third-order valence-corrected chi connectivity index (χ3v) is 3.39. The third kappa shape index (κ3) is 3.75. The van der Waals surface area contributed by atoms with Gasteiger partial charge >= 0.3 is 0 Å². The molecule has 0 bridgehead atoms. The molecule has 24 heavy (non-hydrogen) atoms. The number of nitrogens with zero attached hydrogens (tertiary/aromatic N) is 4. The number of benzene rings is 1. The van der Waals surface area contributed by atoms with Crippen molar-refractivity contribution in [2.45, 2.75) is 13.3 Å². The molecule has 3 aromatic rings. The van der Waals surface area contributed by atoms with Crippen LogP contribution in [0.15, 0.2) is 54.9 Å². The molecule has 1 aromatic carbocycles. The molecule has 0 fully saturated rings. The average molecular weight is 323 g/mol. The van der Waals surface area contributed by atoms with Crippen LogP contribution in [0.25, 0.3) is 5.82 Å². The van der Waals surface area contributed by atoms with Crippen LogP contribution in [0.2, 0.25) is 0 Å². The maximum atomic E-state index is 12.0. The van der Waals surface area contributed by atoms with Crippen molar-refractivity contribution in [2.75, 3.05) is 11.9 Å². The van der Waals surface area contributed by atoms with Crippen LogP contribution in [0.5, 0.6) is 5.88 Å². The quantitative estimate of drug-likeness (QED) is 0.752. The van der Waals surface area contributed by atoms with Gasteiger partial charge in [0.2, 0.25) is 5.88 Å². The summed E-state index contributed by atoms with van der Waals surface area (Å²) >= 11 is 0. The summed E-state index contributed by atoms with van der Waals surface area (Å²) in [7, 11) is 0. The fraction of sp³-hybridized carbons (Fsp3) is 0.176. The standard InChI is InChI=1S/C17H17N5O2/c1-2-13-6-3-4-7-14(13)19-16(23)12-24-17-9-8-15(20-21-17)22-11-5-10-18-22/h3-11H,2,12H2,1H3,(H,19,23). The number of hydrogen-bond acceptors (Lipinski definition) is 5. The first kappa shape index (κ1) is 15.7. The second-order valence-corrected chi connectivity index (χ2v) is 5.03. The zero-order chi connectivity index (χ0) is 16.8. The Morgan fingerprint density at radius 2 is 2.04 bits per heavy atom. The van der Waals surface area contributed by atoms with Gasteiger partial charge in [0.05, 0.1) is 0 Å². The molecule has 122 valence electrons. The molecule has 0 radical (unpaired) electrons. The van der Waals surface area contributed by atoms with Crippen molar-refractivity contribution in [1.82, 2.24) is 20.0 Å². The van der Waals surface area contributed by atoms with E-state index in [0.717, 1.165) is 17.7 Å². The van der Waals surface area contributed by atoms with Crippen LogP contribution in [-0.4, -0.2) is 32.5 Å². The van der Waals surface area contributed by atoms with E-state index in [1.54, 1.807) is 35.3 Å². The number of nitrogens with one attached hydrogen (secondary N) is 1. The van der Waals surface area contributed by atoms with Gasteiger partial charge < -0.3 is 10.1 Å². The predicted octanol–water partition coefficient (Wildman–Crippen LogP) is 2.24. The van der Waals surface area contributed by atoms with Gasteiger partial charge in [-0.2, -0.15) is 5.10 Å². The van der Waals surface area contributed by atoms with Crippen molar-refractivity contribution < 1.29 is 9.53 Å². The van der Waals surface area contributed by atoms with Gasteiger partial charge in [0.25, 0.3) is 5.91 Å². The monoisotopic (exact) mass is 323 g/mol. The lowest BCUT2D eigenvalue weighted by atomic mass is 10.1. The van der Waals surface area contributed by atoms with Gasteiger partial charge in [-0.1, -0.05) is 25.1 Å². The highest BCUT2D eigenvalue weighted by molar-refractivity contribution is 5.92. The summed E-state index contributed by atoms with van der Waals surface area (Å²) in [5.74, 6) is 0.618. The predicted molar refractivity (Wildman–Crippen MR) is 89.1 cm³/mol. The molecule has 0 aliphatic heterocycles. The first-order valence-corrected chi connectivity index (χ1v) is 7.60. The zero-order valence-corrected chi connectivity index (χ0v) is 13.2. The van der Waals surface area contributed by atoms with Gasteiger partial charge in [0, 0.05) is 24.1 Å². The minimum atomic E-state index is -0.242. The van der Waals surface area contributed by atoms with Crippen molar-refractivity contribution >= 4 is 11.6 Å². The summed E-state index contributed by atoms with van der Waals surface area (Å²) in [5, 5.41) is 14.8. The first-order chi connectivity index (χ1) is 11.8. The largest absolute Gasteiger partial charge is 0.466 e. The summed E-state index contributed by atoms with van der Waals surface area (Å²) in [4.78, 5) is 12.0. The highest BCUT2D eigenvalue weighted by Crippen LogP contribution is 2.15. The molecule has 0 saturated carbocycles. The van der Waals surface area contributed by atoms with Crippen LogP contribution in [0, 0.1) is 0 Å². The van der Waals surface area contributed by atoms with E-state index < -0.39 is 0 Å². The van der Waals surface area contributed by atoms with Gasteiger partial charge in [-0.05, 0) is 30.2 Å². The minimum Gasteiger partial charge on any atom is -0.466 e. The molecule has 2 heterocycles. The van der Waals surface area contributed by atoms with Crippen LogP contribution in [0.3, 0.4) is 0 Å². The van der Waals surface area contributed by atoms with Crippen molar-refractivity contribution in [3.8, 4) is 11.7 Å². The third-order valence-electron chi connectivity index (χ3n) is 3.39. The number of ether oxygens (including phenoxy) is 1. The van der Waals surface area contributed by atoms with E-state index in [-0.39, 0.29) is 18.4 Å². The molecule has 0 unspecified atom stereocenters. The van der Waals surface area contributed by atoms with E-state index in [9.17, 15) is 4.79 Å². The highest BCUT2D eigenvalue weighted by atomic mass is 16.5. The number of amides is 1. The Balaban J connectivity index is 1.56. The van der Waals surface area contributed by atoms with E-state index in [4.69, 9.17) is 4.74 Å². The number of anilines is 1. The van der Waals surface area contributed by atoms with E-state index >= 15 is 0 Å². The normalized spacial score (nSPS) is 10.4. The Kier molecular flexibility index (Phi) is 4.81. The molecule has 7 heteroatoms. The molecule has 0 saturated heterocycles. The highest BCUT2D eigenvalue weighted by Gasteiger charge is 2.08. The Morgan fingerprint density at radius 1 is 1.17 bits per heavy atom. The van der Waals surface area contributed by atoms with Crippen LogP contribution in [-0.2, 0) is 11.2 Å². The van der Waals surface area contributed by atoms with E-state index in [1.165, 1.54) is 0 Å². The molecule has 7 nitrogen and oxygen atoms in total. The molecule has 0 aliphatic carbocycles. The minimum absolute atomic E-state index is 0.131. The van der Waals surface area contributed by atoms with Gasteiger partial charge in [-0.3, -0.25) is 4.79 Å². The maximum Gasteiger partial charge on any atom is 0.262 e. The average Bonchev–Trinajstić information content (AvgIpc) is 3.15. The van der Waals surface area contributed by atoms with Crippen molar-refractivity contribution in [1.29, 1.82) is 0 Å². The lowest BCUT2D eigenvalue weighted by Gasteiger charge is -2.10. The van der Waals surface area contributed by atoms with E-state index in [2.05, 4.69) is 20.6 Å². The number of rotatable bonds is 6. The van der Waals surface area contributed by atoms with Crippen LogP contribution in [0.1, 0.15) is 12.5 Å². The fourth-order valence-electron chi connectivity index (χ4n) is 2.19. The number of aryl methyl sites for hydroxylation is 1. The second kappa shape index (κ2) is 7.36. The summed E-state index contributed by atoms with van der Waals surface area (Å²) in [6.07, 6.45) is 4.27. The number of para-hydroxylation sites is 1. The summed E-state index contributed by atoms with van der Waals surface area (Å²) in [6, 6.07) is 12.9. The number of aromatic nitrogens is 4. The second-order valence-electron chi connectivity index (χ2n) is 5.03. The zero-order valence-electron chi connectivity index (χ0n) is 13.2. The van der Waals surface area contributed by atoms with Gasteiger partial charge in [-0.25, -0.2) is 4.68 Å². The Morgan fingerprint density at radius 3 is 2.75 bits per heavy atom. The molecule has 1 amide bonds. The number of carbonyl (C=O) groups excluding carboxylic acids is 1. The molecule has 2 aromatic heterocycles.